The summed E-state index contributed by atoms with van der Waals surface area (Å²) in [7, 11) is 1.68. The SMILES string of the molecule is COc1cccc([C@@]2(O)CCCCC2CN(Cc2ccccc2)Cc2ccccc2)c1. The molecule has 2 atom stereocenters. The number of rotatable bonds is 8. The van der Waals surface area contributed by atoms with E-state index in [-0.39, 0.29) is 5.92 Å². The minimum Gasteiger partial charge on any atom is -0.497 e. The largest absolute Gasteiger partial charge is 0.497 e. The van der Waals surface area contributed by atoms with E-state index in [0.29, 0.717) is 0 Å². The first kappa shape index (κ1) is 21.6. The molecular formula is C28H33NO2. The Morgan fingerprint density at radius 2 is 1.52 bits per heavy atom. The van der Waals surface area contributed by atoms with E-state index in [1.165, 1.54) is 17.5 Å². The van der Waals surface area contributed by atoms with Crippen LogP contribution >= 0.6 is 0 Å². The lowest BCUT2D eigenvalue weighted by atomic mass is 9.71. The van der Waals surface area contributed by atoms with Gasteiger partial charge in [-0.1, -0.05) is 85.6 Å². The summed E-state index contributed by atoms with van der Waals surface area (Å²) in [6, 6.07) is 29.3. The first-order valence-corrected chi connectivity index (χ1v) is 11.3. The maximum Gasteiger partial charge on any atom is 0.119 e. The number of hydrogen-bond donors (Lipinski definition) is 1. The molecule has 0 aromatic heterocycles. The average Bonchev–Trinajstić information content (AvgIpc) is 2.82. The molecule has 4 rings (SSSR count). The zero-order valence-corrected chi connectivity index (χ0v) is 18.4. The number of methoxy groups -OCH3 is 1. The molecule has 3 nitrogen and oxygen atoms in total. The minimum atomic E-state index is -0.821. The van der Waals surface area contributed by atoms with Gasteiger partial charge in [0.2, 0.25) is 0 Å². The fourth-order valence-corrected chi connectivity index (χ4v) is 4.92. The van der Waals surface area contributed by atoms with Crippen molar-refractivity contribution in [3.63, 3.8) is 0 Å². The van der Waals surface area contributed by atoms with Crippen LogP contribution in [0.1, 0.15) is 42.4 Å². The van der Waals surface area contributed by atoms with E-state index in [1.807, 2.05) is 18.2 Å². The van der Waals surface area contributed by atoms with Crippen molar-refractivity contribution in [2.75, 3.05) is 13.7 Å². The molecule has 0 radical (unpaired) electrons. The van der Waals surface area contributed by atoms with Crippen molar-refractivity contribution in [1.29, 1.82) is 0 Å². The molecule has 1 unspecified atom stereocenters. The molecule has 0 aliphatic heterocycles. The zero-order valence-electron chi connectivity index (χ0n) is 18.4. The van der Waals surface area contributed by atoms with Gasteiger partial charge in [0, 0.05) is 25.6 Å². The Hall–Kier alpha value is -2.62. The van der Waals surface area contributed by atoms with E-state index in [2.05, 4.69) is 71.6 Å². The maximum absolute atomic E-state index is 11.9. The Morgan fingerprint density at radius 1 is 0.871 bits per heavy atom. The number of aliphatic hydroxyl groups is 1. The normalized spacial score (nSPS) is 21.2. The van der Waals surface area contributed by atoms with Crippen LogP contribution in [0.2, 0.25) is 0 Å². The summed E-state index contributed by atoms with van der Waals surface area (Å²) in [5.74, 6) is 0.987. The van der Waals surface area contributed by atoms with E-state index < -0.39 is 5.60 Å². The highest BCUT2D eigenvalue weighted by molar-refractivity contribution is 5.33. The van der Waals surface area contributed by atoms with Gasteiger partial charge in [-0.05, 0) is 41.7 Å². The quantitative estimate of drug-likeness (QED) is 0.506. The van der Waals surface area contributed by atoms with Crippen LogP contribution in [-0.2, 0) is 18.7 Å². The predicted octanol–water partition coefficient (Wildman–Crippen LogP) is 5.78. The van der Waals surface area contributed by atoms with E-state index in [0.717, 1.165) is 50.2 Å². The summed E-state index contributed by atoms with van der Waals surface area (Å²) >= 11 is 0. The molecule has 3 aromatic rings. The third-order valence-corrected chi connectivity index (χ3v) is 6.58. The summed E-state index contributed by atoms with van der Waals surface area (Å²) in [4.78, 5) is 2.49. The summed E-state index contributed by atoms with van der Waals surface area (Å²) < 4.78 is 5.44. The van der Waals surface area contributed by atoms with E-state index >= 15 is 0 Å². The van der Waals surface area contributed by atoms with Crippen LogP contribution in [0.3, 0.4) is 0 Å². The lowest BCUT2D eigenvalue weighted by Gasteiger charge is -2.43. The van der Waals surface area contributed by atoms with Crippen molar-refractivity contribution in [3.05, 3.63) is 102 Å². The second-order valence-corrected chi connectivity index (χ2v) is 8.74. The topological polar surface area (TPSA) is 32.7 Å². The van der Waals surface area contributed by atoms with Crippen LogP contribution in [0, 0.1) is 5.92 Å². The monoisotopic (exact) mass is 415 g/mol. The Bertz CT molecular complexity index is 902. The van der Waals surface area contributed by atoms with Crippen molar-refractivity contribution < 1.29 is 9.84 Å². The van der Waals surface area contributed by atoms with Crippen molar-refractivity contribution >= 4 is 0 Å². The van der Waals surface area contributed by atoms with Gasteiger partial charge in [0.25, 0.3) is 0 Å². The molecule has 1 aliphatic rings. The van der Waals surface area contributed by atoms with Gasteiger partial charge in [-0.25, -0.2) is 0 Å². The van der Waals surface area contributed by atoms with Gasteiger partial charge >= 0.3 is 0 Å². The minimum absolute atomic E-state index is 0.181. The van der Waals surface area contributed by atoms with Gasteiger partial charge in [0.05, 0.1) is 12.7 Å². The Balaban J connectivity index is 1.59. The highest BCUT2D eigenvalue weighted by Gasteiger charge is 2.41. The Morgan fingerprint density at radius 3 is 2.13 bits per heavy atom. The highest BCUT2D eigenvalue weighted by atomic mass is 16.5. The Labute approximate surface area is 186 Å². The second-order valence-electron chi connectivity index (χ2n) is 8.74. The van der Waals surface area contributed by atoms with Crippen molar-refractivity contribution in [1.82, 2.24) is 4.90 Å². The van der Waals surface area contributed by atoms with Gasteiger partial charge in [-0.3, -0.25) is 4.90 Å². The smallest absolute Gasteiger partial charge is 0.119 e. The number of benzene rings is 3. The van der Waals surface area contributed by atoms with Crippen molar-refractivity contribution in [2.45, 2.75) is 44.4 Å². The third kappa shape index (κ3) is 5.36. The molecule has 0 amide bonds. The standard InChI is InChI=1S/C28H33NO2/c1-31-27-17-10-16-25(19-27)28(30)18-9-8-15-26(28)22-29(20-23-11-4-2-5-12-23)21-24-13-6-3-7-14-24/h2-7,10-14,16-17,19,26,30H,8-9,15,18,20-22H2,1H3/t26?,28-/m0/s1. The molecule has 0 heterocycles. The van der Waals surface area contributed by atoms with Gasteiger partial charge in [0.1, 0.15) is 5.75 Å². The fourth-order valence-electron chi connectivity index (χ4n) is 4.92. The molecule has 1 fully saturated rings. The molecule has 1 aliphatic carbocycles. The van der Waals surface area contributed by atoms with E-state index in [9.17, 15) is 5.11 Å². The van der Waals surface area contributed by atoms with Gasteiger partial charge in [-0.2, -0.15) is 0 Å². The van der Waals surface area contributed by atoms with Crippen LogP contribution < -0.4 is 4.74 Å². The molecule has 3 aromatic carbocycles. The van der Waals surface area contributed by atoms with Crippen LogP contribution in [0.4, 0.5) is 0 Å². The lowest BCUT2D eigenvalue weighted by Crippen LogP contribution is -2.44. The molecular weight excluding hydrogens is 382 g/mol. The summed E-state index contributed by atoms with van der Waals surface area (Å²) in [5, 5.41) is 11.9. The molecule has 0 spiro atoms. The molecule has 3 heteroatoms. The van der Waals surface area contributed by atoms with Crippen LogP contribution in [0.15, 0.2) is 84.9 Å². The fraction of sp³-hybridized carbons (Fsp3) is 0.357. The summed E-state index contributed by atoms with van der Waals surface area (Å²) in [5.41, 5.74) is 2.77. The first-order valence-electron chi connectivity index (χ1n) is 11.3. The van der Waals surface area contributed by atoms with E-state index in [4.69, 9.17) is 4.74 Å². The molecule has 0 bridgehead atoms. The van der Waals surface area contributed by atoms with Crippen molar-refractivity contribution in [3.8, 4) is 5.75 Å². The van der Waals surface area contributed by atoms with Gasteiger partial charge in [0.15, 0.2) is 0 Å². The van der Waals surface area contributed by atoms with Crippen LogP contribution in [-0.4, -0.2) is 23.7 Å². The third-order valence-electron chi connectivity index (χ3n) is 6.58. The number of ether oxygens (including phenoxy) is 1. The molecule has 1 saturated carbocycles. The second kappa shape index (κ2) is 10.1. The van der Waals surface area contributed by atoms with Gasteiger partial charge < -0.3 is 9.84 Å². The average molecular weight is 416 g/mol. The zero-order chi connectivity index (χ0) is 21.5. The number of hydrogen-bond acceptors (Lipinski definition) is 3. The number of nitrogens with zero attached hydrogens (tertiary/aromatic N) is 1. The summed E-state index contributed by atoms with van der Waals surface area (Å²) in [6.45, 7) is 2.61. The first-order chi connectivity index (χ1) is 15.2. The van der Waals surface area contributed by atoms with Crippen LogP contribution in [0.25, 0.3) is 0 Å². The summed E-state index contributed by atoms with van der Waals surface area (Å²) in [6.07, 6.45) is 4.06. The molecule has 1 N–H and O–H groups in total. The van der Waals surface area contributed by atoms with Crippen molar-refractivity contribution in [2.24, 2.45) is 5.92 Å². The van der Waals surface area contributed by atoms with E-state index in [1.54, 1.807) is 7.11 Å². The maximum atomic E-state index is 11.9. The lowest BCUT2D eigenvalue weighted by molar-refractivity contribution is -0.0674. The molecule has 31 heavy (non-hydrogen) atoms. The Kier molecular flexibility index (Phi) is 7.06. The molecule has 162 valence electrons. The predicted molar refractivity (Wildman–Crippen MR) is 126 cm³/mol. The molecule has 0 saturated heterocycles. The highest BCUT2D eigenvalue weighted by Crippen LogP contribution is 2.43. The van der Waals surface area contributed by atoms with Crippen LogP contribution in [0.5, 0.6) is 5.75 Å². The van der Waals surface area contributed by atoms with Gasteiger partial charge in [-0.15, -0.1) is 0 Å².